The largest absolute Gasteiger partial charge is 0.396 e. The molecule has 4 aromatic heterocycles. The standard InChI is InChI=1S/C25H26N10/c1-32(2)17-9-12-33(16-17)25-18(26)13-19(29-20-14-27-34-10-5-3-7-22(20)34)24(31-25)30-21-15-28-35-11-6-4-8-23(21)35/h3-8,10-11,13-15,17H,9,12,16,26H2,1-2H3. The number of nitrogens with zero attached hydrogens (tertiary/aromatic N) is 9. The highest BCUT2D eigenvalue weighted by atomic mass is 15.3. The molecule has 0 amide bonds. The van der Waals surface area contributed by atoms with Gasteiger partial charge in [0.15, 0.2) is 11.7 Å². The first-order valence-electron chi connectivity index (χ1n) is 11.6. The molecule has 2 aliphatic rings. The van der Waals surface area contributed by atoms with Gasteiger partial charge >= 0.3 is 0 Å². The second kappa shape index (κ2) is 8.48. The Balaban J connectivity index is 1.46. The SMILES string of the molecule is CN(C)C1CCN(C2=NC(=Nc3cnn4ccccc34)C(=Nc3cnn4ccccc34)C=C2N)C1. The molecule has 10 heteroatoms. The van der Waals surface area contributed by atoms with Gasteiger partial charge in [0, 0.05) is 31.5 Å². The summed E-state index contributed by atoms with van der Waals surface area (Å²) in [6.45, 7) is 1.76. The van der Waals surface area contributed by atoms with E-state index in [1.165, 1.54) is 0 Å². The molecule has 4 aromatic rings. The van der Waals surface area contributed by atoms with Gasteiger partial charge in [-0.15, -0.1) is 0 Å². The minimum atomic E-state index is 0.458. The Labute approximate surface area is 202 Å². The number of rotatable bonds is 3. The van der Waals surface area contributed by atoms with Crippen molar-refractivity contribution in [3.63, 3.8) is 0 Å². The zero-order chi connectivity index (χ0) is 23.9. The van der Waals surface area contributed by atoms with Gasteiger partial charge in [-0.05, 0) is 50.9 Å². The molecule has 0 radical (unpaired) electrons. The Bertz CT molecular complexity index is 1530. The van der Waals surface area contributed by atoms with Crippen LogP contribution in [0.3, 0.4) is 0 Å². The molecule has 0 aromatic carbocycles. The summed E-state index contributed by atoms with van der Waals surface area (Å²) in [5, 5.41) is 8.82. The minimum Gasteiger partial charge on any atom is -0.396 e. The Kier molecular flexibility index (Phi) is 5.14. The molecule has 0 aliphatic carbocycles. The first-order valence-corrected chi connectivity index (χ1v) is 11.6. The van der Waals surface area contributed by atoms with E-state index >= 15 is 0 Å². The molecule has 1 atom stereocenters. The quantitative estimate of drug-likeness (QED) is 0.500. The predicted octanol–water partition coefficient (Wildman–Crippen LogP) is 2.68. The van der Waals surface area contributed by atoms with E-state index in [-0.39, 0.29) is 0 Å². The van der Waals surface area contributed by atoms with Gasteiger partial charge in [-0.25, -0.2) is 24.0 Å². The van der Waals surface area contributed by atoms with Gasteiger partial charge in [-0.1, -0.05) is 12.1 Å². The number of pyridine rings is 2. The van der Waals surface area contributed by atoms with Crippen molar-refractivity contribution >= 4 is 39.8 Å². The summed E-state index contributed by atoms with van der Waals surface area (Å²) in [7, 11) is 4.21. The summed E-state index contributed by atoms with van der Waals surface area (Å²) in [6, 6.07) is 12.2. The zero-order valence-corrected chi connectivity index (χ0v) is 19.7. The second-order valence-corrected chi connectivity index (χ2v) is 8.94. The zero-order valence-electron chi connectivity index (χ0n) is 19.7. The molecule has 35 heavy (non-hydrogen) atoms. The lowest BCUT2D eigenvalue weighted by Gasteiger charge is -2.25. The fourth-order valence-corrected chi connectivity index (χ4v) is 4.53. The Morgan fingerprint density at radius 1 is 0.943 bits per heavy atom. The number of likely N-dealkylation sites (N-methyl/N-ethyl adjacent to an activating group) is 1. The summed E-state index contributed by atoms with van der Waals surface area (Å²) >= 11 is 0. The number of likely N-dealkylation sites (tertiary alicyclic amines) is 1. The number of hydrogen-bond acceptors (Lipinski definition) is 7. The van der Waals surface area contributed by atoms with E-state index in [2.05, 4.69) is 34.1 Å². The van der Waals surface area contributed by atoms with Crippen molar-refractivity contribution in [3.05, 3.63) is 73.0 Å². The number of aromatic nitrogens is 4. The van der Waals surface area contributed by atoms with E-state index < -0.39 is 0 Å². The van der Waals surface area contributed by atoms with Crippen molar-refractivity contribution < 1.29 is 0 Å². The Morgan fingerprint density at radius 3 is 2.23 bits per heavy atom. The topological polar surface area (TPSA) is 104 Å². The van der Waals surface area contributed by atoms with E-state index in [0.29, 0.717) is 23.3 Å². The maximum Gasteiger partial charge on any atom is 0.181 e. The van der Waals surface area contributed by atoms with Crippen molar-refractivity contribution in [2.75, 3.05) is 27.2 Å². The van der Waals surface area contributed by atoms with Crippen LogP contribution in [0.4, 0.5) is 11.4 Å². The number of amidine groups is 2. The van der Waals surface area contributed by atoms with Gasteiger partial charge in [0.05, 0.1) is 29.1 Å². The maximum absolute atomic E-state index is 6.54. The fourth-order valence-electron chi connectivity index (χ4n) is 4.53. The van der Waals surface area contributed by atoms with Crippen molar-refractivity contribution in [2.24, 2.45) is 20.7 Å². The van der Waals surface area contributed by atoms with Crippen LogP contribution in [0.1, 0.15) is 6.42 Å². The highest BCUT2D eigenvalue weighted by Crippen LogP contribution is 2.25. The van der Waals surface area contributed by atoms with E-state index in [1.54, 1.807) is 21.4 Å². The van der Waals surface area contributed by atoms with Crippen LogP contribution in [-0.4, -0.2) is 79.6 Å². The van der Waals surface area contributed by atoms with Crippen LogP contribution in [0.2, 0.25) is 0 Å². The third kappa shape index (κ3) is 3.87. The molecule has 10 nitrogen and oxygen atoms in total. The van der Waals surface area contributed by atoms with Gasteiger partial charge < -0.3 is 15.5 Å². The summed E-state index contributed by atoms with van der Waals surface area (Å²) in [5.41, 5.74) is 10.9. The van der Waals surface area contributed by atoms with E-state index in [9.17, 15) is 0 Å². The van der Waals surface area contributed by atoms with Crippen LogP contribution in [0.5, 0.6) is 0 Å². The molecule has 1 saturated heterocycles. The first-order chi connectivity index (χ1) is 17.1. The second-order valence-electron chi connectivity index (χ2n) is 8.94. The number of dihydropyridines is 1. The minimum absolute atomic E-state index is 0.458. The molecule has 0 bridgehead atoms. The smallest absolute Gasteiger partial charge is 0.181 e. The highest BCUT2D eigenvalue weighted by Gasteiger charge is 2.30. The van der Waals surface area contributed by atoms with Crippen LogP contribution >= 0.6 is 0 Å². The summed E-state index contributed by atoms with van der Waals surface area (Å²) in [4.78, 5) is 19.2. The number of hydrogen-bond donors (Lipinski definition) is 1. The molecule has 6 rings (SSSR count). The van der Waals surface area contributed by atoms with Gasteiger partial charge in [-0.3, -0.25) is 0 Å². The van der Waals surface area contributed by atoms with Crippen molar-refractivity contribution in [2.45, 2.75) is 12.5 Å². The number of fused-ring (bicyclic) bond motifs is 2. The van der Waals surface area contributed by atoms with E-state index in [1.807, 2.05) is 54.9 Å². The Hall–Kier alpha value is -4.31. The molecule has 176 valence electrons. The van der Waals surface area contributed by atoms with E-state index in [4.69, 9.17) is 20.7 Å². The van der Waals surface area contributed by atoms with Crippen molar-refractivity contribution in [1.29, 1.82) is 0 Å². The van der Waals surface area contributed by atoms with E-state index in [0.717, 1.165) is 47.8 Å². The van der Waals surface area contributed by atoms with Gasteiger partial charge in [0.25, 0.3) is 0 Å². The van der Waals surface area contributed by atoms with Gasteiger partial charge in [0.2, 0.25) is 0 Å². The summed E-state index contributed by atoms with van der Waals surface area (Å²) < 4.78 is 3.58. The van der Waals surface area contributed by atoms with Crippen LogP contribution < -0.4 is 5.73 Å². The third-order valence-corrected chi connectivity index (χ3v) is 6.46. The first kappa shape index (κ1) is 21.2. The lowest BCUT2D eigenvalue weighted by atomic mass is 10.2. The normalized spacial score (nSPS) is 21.0. The van der Waals surface area contributed by atoms with Crippen molar-refractivity contribution in [1.82, 2.24) is 29.0 Å². The molecular weight excluding hydrogens is 440 g/mol. The molecular formula is C25H26N10. The lowest BCUT2D eigenvalue weighted by Crippen LogP contribution is -2.39. The van der Waals surface area contributed by atoms with Gasteiger partial charge in [0.1, 0.15) is 17.1 Å². The molecule has 1 unspecified atom stereocenters. The molecule has 1 fully saturated rings. The molecule has 2 N–H and O–H groups in total. The van der Waals surface area contributed by atoms with Crippen LogP contribution in [0.25, 0.3) is 11.0 Å². The number of aliphatic imine (C=N–C) groups is 3. The monoisotopic (exact) mass is 466 g/mol. The summed E-state index contributed by atoms with van der Waals surface area (Å²) in [6.07, 6.45) is 10.2. The predicted molar refractivity (Wildman–Crippen MR) is 138 cm³/mol. The van der Waals surface area contributed by atoms with Gasteiger partial charge in [-0.2, -0.15) is 10.2 Å². The fraction of sp³-hybridized carbons (Fsp3) is 0.240. The molecule has 6 heterocycles. The highest BCUT2D eigenvalue weighted by molar-refractivity contribution is 6.50. The maximum atomic E-state index is 6.54. The number of nitrogens with two attached hydrogens (primary N) is 1. The van der Waals surface area contributed by atoms with Crippen LogP contribution in [-0.2, 0) is 0 Å². The average Bonchev–Trinajstić information content (AvgIpc) is 3.60. The van der Waals surface area contributed by atoms with Crippen LogP contribution in [0.15, 0.2) is 87.9 Å². The van der Waals surface area contributed by atoms with Crippen LogP contribution in [0, 0.1) is 0 Å². The van der Waals surface area contributed by atoms with Crippen molar-refractivity contribution in [3.8, 4) is 0 Å². The lowest BCUT2D eigenvalue weighted by molar-refractivity contribution is 0.301. The average molecular weight is 467 g/mol. The molecule has 2 aliphatic heterocycles. The Morgan fingerprint density at radius 2 is 1.60 bits per heavy atom. The third-order valence-electron chi connectivity index (χ3n) is 6.46. The summed E-state index contributed by atoms with van der Waals surface area (Å²) in [5.74, 6) is 1.24. The molecule has 0 saturated carbocycles. The molecule has 0 spiro atoms.